The summed E-state index contributed by atoms with van der Waals surface area (Å²) >= 11 is 3.65. The van der Waals surface area contributed by atoms with Crippen molar-refractivity contribution in [2.24, 2.45) is 5.92 Å². The normalized spacial score (nSPS) is 16.4. The maximum atomic E-state index is 11.8. The van der Waals surface area contributed by atoms with Gasteiger partial charge >= 0.3 is 6.09 Å². The Morgan fingerprint density at radius 1 is 1.15 bits per heavy atom. The number of likely N-dealkylation sites (tertiary alicyclic amines) is 1. The van der Waals surface area contributed by atoms with E-state index in [0.29, 0.717) is 12.5 Å². The van der Waals surface area contributed by atoms with Crippen LogP contribution in [0.2, 0.25) is 0 Å². The summed E-state index contributed by atoms with van der Waals surface area (Å²) in [7, 11) is 0. The molecule has 3 rings (SSSR count). The number of ether oxygens (including phenoxy) is 1. The number of piperidine rings is 1. The van der Waals surface area contributed by atoms with Crippen molar-refractivity contribution in [2.75, 3.05) is 19.6 Å². The second-order valence-electron chi connectivity index (χ2n) is 8.35. The van der Waals surface area contributed by atoms with E-state index in [1.165, 1.54) is 16.3 Å². The van der Waals surface area contributed by atoms with Gasteiger partial charge in [-0.2, -0.15) is 0 Å². The number of nitrogens with one attached hydrogen (secondary N) is 1. The van der Waals surface area contributed by atoms with E-state index in [9.17, 15) is 4.79 Å². The van der Waals surface area contributed by atoms with Crippen LogP contribution in [0, 0.1) is 5.92 Å². The molecule has 0 saturated carbocycles. The van der Waals surface area contributed by atoms with E-state index in [4.69, 9.17) is 4.74 Å². The molecular formula is C22H29BrN2O2. The van der Waals surface area contributed by atoms with Gasteiger partial charge in [0.15, 0.2) is 0 Å². The van der Waals surface area contributed by atoms with Crippen LogP contribution in [-0.2, 0) is 11.3 Å². The van der Waals surface area contributed by atoms with Gasteiger partial charge in [0, 0.05) is 17.6 Å². The Bertz CT molecular complexity index is 792. The molecule has 4 nitrogen and oxygen atoms in total. The Balaban J connectivity index is 1.50. The third-order valence-electron chi connectivity index (χ3n) is 5.00. The number of halogens is 1. The molecule has 1 fully saturated rings. The van der Waals surface area contributed by atoms with Crippen LogP contribution in [0.15, 0.2) is 40.9 Å². The molecule has 1 saturated heterocycles. The largest absolute Gasteiger partial charge is 0.444 e. The first kappa shape index (κ1) is 20.2. The Morgan fingerprint density at radius 3 is 2.48 bits per heavy atom. The van der Waals surface area contributed by atoms with Crippen LogP contribution in [0.4, 0.5) is 4.79 Å². The fraction of sp³-hybridized carbons (Fsp3) is 0.500. The number of amides is 1. The lowest BCUT2D eigenvalue weighted by atomic mass is 9.96. The molecular weight excluding hydrogens is 404 g/mol. The quantitative estimate of drug-likeness (QED) is 0.708. The number of nitrogens with zero attached hydrogens (tertiary/aromatic N) is 1. The SMILES string of the molecule is CC(C)(C)OC(=O)NCC1CCN(Cc2ccc(Br)c3ccccc23)CC1. The van der Waals surface area contributed by atoms with Crippen LogP contribution in [-0.4, -0.2) is 36.2 Å². The average molecular weight is 433 g/mol. The number of carbonyl (C=O) groups excluding carboxylic acids is 1. The minimum atomic E-state index is -0.444. The molecule has 0 spiro atoms. The molecule has 0 aromatic heterocycles. The van der Waals surface area contributed by atoms with Crippen LogP contribution in [0.3, 0.4) is 0 Å². The highest BCUT2D eigenvalue weighted by molar-refractivity contribution is 9.10. The number of hydrogen-bond donors (Lipinski definition) is 1. The summed E-state index contributed by atoms with van der Waals surface area (Å²) in [5.74, 6) is 0.524. The Kier molecular flexibility index (Phi) is 6.43. The second kappa shape index (κ2) is 8.61. The third-order valence-corrected chi connectivity index (χ3v) is 5.69. The summed E-state index contributed by atoms with van der Waals surface area (Å²) in [6.45, 7) is 9.45. The van der Waals surface area contributed by atoms with Gasteiger partial charge < -0.3 is 10.1 Å². The Hall–Kier alpha value is -1.59. The molecule has 0 atom stereocenters. The van der Waals surface area contributed by atoms with E-state index >= 15 is 0 Å². The van der Waals surface area contributed by atoms with Gasteiger partial charge in [0.05, 0.1) is 0 Å². The molecule has 1 amide bonds. The summed E-state index contributed by atoms with van der Waals surface area (Å²) in [4.78, 5) is 14.3. The highest BCUT2D eigenvalue weighted by Crippen LogP contribution is 2.28. The summed E-state index contributed by atoms with van der Waals surface area (Å²) in [6.07, 6.45) is 1.89. The first-order valence-corrected chi connectivity index (χ1v) is 10.5. The van der Waals surface area contributed by atoms with Gasteiger partial charge in [-0.1, -0.05) is 46.3 Å². The molecule has 0 unspecified atom stereocenters. The standard InChI is InChI=1S/C22H29BrN2O2/c1-22(2,3)27-21(26)24-14-16-10-12-25(13-11-16)15-17-8-9-20(23)19-7-5-4-6-18(17)19/h4-9,16H,10-15H2,1-3H3,(H,24,26). The molecule has 0 radical (unpaired) electrons. The van der Waals surface area contributed by atoms with Crippen molar-refractivity contribution in [3.05, 3.63) is 46.4 Å². The number of benzene rings is 2. The fourth-order valence-electron chi connectivity index (χ4n) is 3.59. The Labute approximate surface area is 170 Å². The average Bonchev–Trinajstić information content (AvgIpc) is 2.62. The van der Waals surface area contributed by atoms with E-state index in [0.717, 1.165) is 36.9 Å². The zero-order valence-corrected chi connectivity index (χ0v) is 18.0. The third kappa shape index (κ3) is 5.69. The fourth-order valence-corrected chi connectivity index (χ4v) is 4.07. The van der Waals surface area contributed by atoms with Crippen molar-refractivity contribution in [2.45, 2.75) is 45.8 Å². The lowest BCUT2D eigenvalue weighted by Crippen LogP contribution is -2.40. The highest BCUT2D eigenvalue weighted by atomic mass is 79.9. The number of carbonyl (C=O) groups is 1. The van der Waals surface area contributed by atoms with Crippen molar-refractivity contribution in [3.63, 3.8) is 0 Å². The molecule has 1 N–H and O–H groups in total. The van der Waals surface area contributed by atoms with Gasteiger partial charge in [-0.15, -0.1) is 0 Å². The monoisotopic (exact) mass is 432 g/mol. The predicted molar refractivity (Wildman–Crippen MR) is 114 cm³/mol. The number of hydrogen-bond acceptors (Lipinski definition) is 3. The van der Waals surface area contributed by atoms with E-state index in [1.54, 1.807) is 0 Å². The van der Waals surface area contributed by atoms with Gasteiger partial charge in [-0.05, 0) is 75.0 Å². The summed E-state index contributed by atoms with van der Waals surface area (Å²) < 4.78 is 6.46. The van der Waals surface area contributed by atoms with Crippen LogP contribution in [0.25, 0.3) is 10.8 Å². The first-order chi connectivity index (χ1) is 12.8. The van der Waals surface area contributed by atoms with Gasteiger partial charge in [0.2, 0.25) is 0 Å². The molecule has 0 bridgehead atoms. The van der Waals surface area contributed by atoms with E-state index in [2.05, 4.69) is 62.5 Å². The topological polar surface area (TPSA) is 41.6 Å². The molecule has 146 valence electrons. The van der Waals surface area contributed by atoms with Crippen molar-refractivity contribution in [1.29, 1.82) is 0 Å². The van der Waals surface area contributed by atoms with Crippen molar-refractivity contribution in [1.82, 2.24) is 10.2 Å². The first-order valence-electron chi connectivity index (χ1n) is 9.67. The van der Waals surface area contributed by atoms with E-state index in [-0.39, 0.29) is 6.09 Å². The molecule has 5 heteroatoms. The minimum absolute atomic E-state index is 0.314. The highest BCUT2D eigenvalue weighted by Gasteiger charge is 2.22. The number of rotatable bonds is 4. The summed E-state index contributed by atoms with van der Waals surface area (Å²) in [6, 6.07) is 12.9. The molecule has 1 aliphatic rings. The lowest BCUT2D eigenvalue weighted by molar-refractivity contribution is 0.0509. The zero-order chi connectivity index (χ0) is 19.4. The minimum Gasteiger partial charge on any atom is -0.444 e. The van der Waals surface area contributed by atoms with Gasteiger partial charge in [-0.25, -0.2) is 4.79 Å². The van der Waals surface area contributed by atoms with Gasteiger partial charge in [0.25, 0.3) is 0 Å². The lowest BCUT2D eigenvalue weighted by Gasteiger charge is -2.32. The predicted octanol–water partition coefficient (Wildman–Crippen LogP) is 5.34. The van der Waals surface area contributed by atoms with Crippen LogP contribution < -0.4 is 5.32 Å². The molecule has 2 aromatic rings. The number of alkyl carbamates (subject to hydrolysis) is 1. The Morgan fingerprint density at radius 2 is 1.81 bits per heavy atom. The maximum absolute atomic E-state index is 11.8. The second-order valence-corrected chi connectivity index (χ2v) is 9.21. The molecule has 0 aliphatic carbocycles. The van der Waals surface area contributed by atoms with Crippen LogP contribution in [0.1, 0.15) is 39.2 Å². The molecule has 27 heavy (non-hydrogen) atoms. The van der Waals surface area contributed by atoms with Crippen molar-refractivity contribution in [3.8, 4) is 0 Å². The van der Waals surface area contributed by atoms with Crippen LogP contribution >= 0.6 is 15.9 Å². The zero-order valence-electron chi connectivity index (χ0n) is 16.4. The summed E-state index contributed by atoms with van der Waals surface area (Å²) in [5.41, 5.74) is 0.931. The van der Waals surface area contributed by atoms with Crippen molar-refractivity contribution >= 4 is 32.8 Å². The van der Waals surface area contributed by atoms with Gasteiger partial charge in [0.1, 0.15) is 5.60 Å². The molecule has 2 aromatic carbocycles. The molecule has 1 aliphatic heterocycles. The maximum Gasteiger partial charge on any atom is 0.407 e. The van der Waals surface area contributed by atoms with Crippen LogP contribution in [0.5, 0.6) is 0 Å². The van der Waals surface area contributed by atoms with Gasteiger partial charge in [-0.3, -0.25) is 4.90 Å². The molecule has 1 heterocycles. The van der Waals surface area contributed by atoms with E-state index < -0.39 is 5.60 Å². The summed E-state index contributed by atoms with van der Waals surface area (Å²) in [5, 5.41) is 5.51. The van der Waals surface area contributed by atoms with Crippen molar-refractivity contribution < 1.29 is 9.53 Å². The smallest absolute Gasteiger partial charge is 0.407 e. The van der Waals surface area contributed by atoms with E-state index in [1.807, 2.05) is 20.8 Å². The number of fused-ring (bicyclic) bond motifs is 1.